The zero-order valence-corrected chi connectivity index (χ0v) is 20.5. The van der Waals surface area contributed by atoms with Gasteiger partial charge in [0, 0.05) is 19.5 Å². The van der Waals surface area contributed by atoms with Crippen molar-refractivity contribution in [1.82, 2.24) is 16.0 Å². The molecule has 10 atom stereocenters. The number of benzene rings is 1. The number of fused-ring (bicyclic) bond motifs is 2. The summed E-state index contributed by atoms with van der Waals surface area (Å²) >= 11 is 0. The van der Waals surface area contributed by atoms with Crippen molar-refractivity contribution in [2.45, 2.75) is 94.0 Å². The lowest BCUT2D eigenvalue weighted by atomic mass is 9.77. The van der Waals surface area contributed by atoms with Crippen molar-refractivity contribution in [3.8, 4) is 0 Å². The van der Waals surface area contributed by atoms with Crippen LogP contribution in [0.15, 0.2) is 18.2 Å². The van der Waals surface area contributed by atoms with E-state index in [-0.39, 0.29) is 13.0 Å². The van der Waals surface area contributed by atoms with Gasteiger partial charge in [0.05, 0.1) is 24.3 Å². The molecule has 1 aromatic carbocycles. The van der Waals surface area contributed by atoms with Crippen LogP contribution < -0.4 is 16.0 Å². The van der Waals surface area contributed by atoms with Crippen molar-refractivity contribution < 1.29 is 34.6 Å². The van der Waals surface area contributed by atoms with E-state index in [9.17, 15) is 20.4 Å². The molecular weight excluding hydrogens is 442 g/mol. The standard InChI is InChI=1S/C24H39N3O7/c1-12-6-7-15(13(2)8-12)10-27-11-23(30)9-14(3)32-22-24(23,31)34-20-17(26-5)18(28)16(25-4)19(29)21(20)33-22/h6-8,14,16-22,25-31H,9-11H2,1-5H3. The number of aliphatic hydroxyl groups is 4. The number of nitrogens with one attached hydrogen (secondary N) is 3. The summed E-state index contributed by atoms with van der Waals surface area (Å²) in [5.41, 5.74) is 1.66. The Morgan fingerprint density at radius 2 is 1.71 bits per heavy atom. The van der Waals surface area contributed by atoms with Gasteiger partial charge in [-0.25, -0.2) is 0 Å². The Labute approximate surface area is 200 Å². The molecule has 10 nitrogen and oxygen atoms in total. The lowest BCUT2D eigenvalue weighted by Gasteiger charge is -2.60. The first-order valence-electron chi connectivity index (χ1n) is 12.0. The average molecular weight is 482 g/mol. The third-order valence-corrected chi connectivity index (χ3v) is 7.58. The maximum Gasteiger partial charge on any atom is 0.249 e. The van der Waals surface area contributed by atoms with Crippen LogP contribution in [0.1, 0.15) is 30.0 Å². The number of aliphatic hydroxyl groups excluding tert-OH is 2. The first kappa shape index (κ1) is 25.9. The zero-order chi connectivity index (χ0) is 24.8. The van der Waals surface area contributed by atoms with Crippen LogP contribution in [0, 0.1) is 13.8 Å². The Morgan fingerprint density at radius 1 is 1.00 bits per heavy atom. The van der Waals surface area contributed by atoms with Crippen LogP contribution in [0.3, 0.4) is 0 Å². The van der Waals surface area contributed by atoms with Gasteiger partial charge in [-0.05, 0) is 46.0 Å². The molecule has 0 radical (unpaired) electrons. The Kier molecular flexibility index (Phi) is 7.39. The molecule has 3 fully saturated rings. The van der Waals surface area contributed by atoms with Crippen molar-refractivity contribution in [2.75, 3.05) is 20.6 Å². The molecular formula is C24H39N3O7. The van der Waals surface area contributed by atoms with E-state index in [0.717, 1.165) is 11.1 Å². The monoisotopic (exact) mass is 481 g/mol. The predicted octanol–water partition coefficient (Wildman–Crippen LogP) is -1.36. The van der Waals surface area contributed by atoms with Gasteiger partial charge in [0.25, 0.3) is 0 Å². The van der Waals surface area contributed by atoms with Crippen molar-refractivity contribution >= 4 is 0 Å². The van der Waals surface area contributed by atoms with Crippen LogP contribution in [0.2, 0.25) is 0 Å². The van der Waals surface area contributed by atoms with Crippen molar-refractivity contribution in [3.63, 3.8) is 0 Å². The van der Waals surface area contributed by atoms with Crippen LogP contribution in [-0.2, 0) is 20.8 Å². The van der Waals surface area contributed by atoms with Crippen molar-refractivity contribution in [2.24, 2.45) is 0 Å². The van der Waals surface area contributed by atoms with Crippen LogP contribution in [0.5, 0.6) is 0 Å². The summed E-state index contributed by atoms with van der Waals surface area (Å²) < 4.78 is 18.0. The maximum atomic E-state index is 11.7. The molecule has 10 heteroatoms. The minimum atomic E-state index is -2.21. The number of likely N-dealkylation sites (N-methyl/N-ethyl adjacent to an activating group) is 2. The first-order chi connectivity index (χ1) is 16.0. The largest absolute Gasteiger partial charge is 0.390 e. The minimum absolute atomic E-state index is 0.0240. The minimum Gasteiger partial charge on any atom is -0.390 e. The van der Waals surface area contributed by atoms with Crippen LogP contribution in [0.4, 0.5) is 0 Å². The third-order valence-electron chi connectivity index (χ3n) is 7.58. The molecule has 2 aliphatic heterocycles. The van der Waals surface area contributed by atoms with E-state index in [1.807, 2.05) is 26.0 Å². The van der Waals surface area contributed by atoms with Gasteiger partial charge in [0.2, 0.25) is 12.1 Å². The van der Waals surface area contributed by atoms with E-state index < -0.39 is 60.3 Å². The molecule has 192 valence electrons. The Bertz CT molecular complexity index is 875. The summed E-state index contributed by atoms with van der Waals surface area (Å²) in [6.45, 7) is 6.38. The highest BCUT2D eigenvalue weighted by molar-refractivity contribution is 5.30. The fourth-order valence-corrected chi connectivity index (χ4v) is 5.68. The fraction of sp³-hybridized carbons (Fsp3) is 0.750. The van der Waals surface area contributed by atoms with Gasteiger partial charge in [-0.3, -0.25) is 0 Å². The number of ether oxygens (including phenoxy) is 3. The summed E-state index contributed by atoms with van der Waals surface area (Å²) in [7, 11) is 3.30. The SMILES string of the molecule is CNC1C(O)C(NC)C2OC3(O)C(OC(C)CC3(O)CNCc3ccc(C)cc3C)OC2C1O. The third kappa shape index (κ3) is 4.30. The van der Waals surface area contributed by atoms with Crippen molar-refractivity contribution in [3.05, 3.63) is 34.9 Å². The van der Waals surface area contributed by atoms with Crippen LogP contribution >= 0.6 is 0 Å². The molecule has 2 saturated heterocycles. The molecule has 1 aromatic rings. The topological polar surface area (TPSA) is 145 Å². The van der Waals surface area contributed by atoms with Gasteiger partial charge in [-0.2, -0.15) is 0 Å². The van der Waals surface area contributed by atoms with E-state index in [4.69, 9.17) is 14.2 Å². The molecule has 0 spiro atoms. The first-order valence-corrected chi connectivity index (χ1v) is 12.0. The van der Waals surface area contributed by atoms with Gasteiger partial charge < -0.3 is 50.6 Å². The molecule has 4 rings (SSSR count). The highest BCUT2D eigenvalue weighted by Gasteiger charge is 2.68. The lowest BCUT2D eigenvalue weighted by molar-refractivity contribution is -0.482. The summed E-state index contributed by atoms with van der Waals surface area (Å²) in [6, 6.07) is 4.83. The van der Waals surface area contributed by atoms with Crippen LogP contribution in [-0.4, -0.2) is 101 Å². The maximum absolute atomic E-state index is 11.7. The predicted molar refractivity (Wildman–Crippen MR) is 124 cm³/mol. The van der Waals surface area contributed by atoms with E-state index in [0.29, 0.717) is 6.54 Å². The second-order valence-corrected chi connectivity index (χ2v) is 10.0. The second-order valence-electron chi connectivity index (χ2n) is 10.0. The smallest absolute Gasteiger partial charge is 0.249 e. The highest BCUT2D eigenvalue weighted by atomic mass is 16.8. The fourth-order valence-electron chi connectivity index (χ4n) is 5.68. The Balaban J connectivity index is 1.57. The molecule has 34 heavy (non-hydrogen) atoms. The molecule has 1 saturated carbocycles. The van der Waals surface area contributed by atoms with E-state index in [1.54, 1.807) is 21.0 Å². The molecule has 0 bridgehead atoms. The zero-order valence-electron chi connectivity index (χ0n) is 20.5. The van der Waals surface area contributed by atoms with Gasteiger partial charge >= 0.3 is 0 Å². The Hall–Kier alpha value is -1.18. The van der Waals surface area contributed by atoms with Gasteiger partial charge in [0.1, 0.15) is 23.9 Å². The molecule has 7 N–H and O–H groups in total. The molecule has 0 aromatic heterocycles. The number of rotatable bonds is 6. The average Bonchev–Trinajstić information content (AvgIpc) is 2.76. The summed E-state index contributed by atoms with van der Waals surface area (Å²) in [5.74, 6) is -2.21. The Morgan fingerprint density at radius 3 is 2.35 bits per heavy atom. The molecule has 0 amide bonds. The van der Waals surface area contributed by atoms with E-state index >= 15 is 0 Å². The summed E-state index contributed by atoms with van der Waals surface area (Å²) in [5, 5.41) is 54.2. The summed E-state index contributed by atoms with van der Waals surface area (Å²) in [6.07, 6.45) is -5.58. The van der Waals surface area contributed by atoms with Crippen LogP contribution in [0.25, 0.3) is 0 Å². The molecule has 2 heterocycles. The van der Waals surface area contributed by atoms with Gasteiger partial charge in [0.15, 0.2) is 0 Å². The number of aryl methyl sites for hydroxylation is 2. The highest BCUT2D eigenvalue weighted by Crippen LogP contribution is 2.46. The van der Waals surface area contributed by atoms with E-state index in [1.165, 1.54) is 5.56 Å². The van der Waals surface area contributed by atoms with Gasteiger partial charge in [-0.1, -0.05) is 23.8 Å². The van der Waals surface area contributed by atoms with Crippen molar-refractivity contribution in [1.29, 1.82) is 0 Å². The molecule has 3 aliphatic rings. The molecule has 1 aliphatic carbocycles. The van der Waals surface area contributed by atoms with E-state index in [2.05, 4.69) is 22.0 Å². The second kappa shape index (κ2) is 9.70. The number of hydrogen-bond acceptors (Lipinski definition) is 10. The molecule has 10 unspecified atom stereocenters. The summed E-state index contributed by atoms with van der Waals surface area (Å²) in [4.78, 5) is 0. The lowest BCUT2D eigenvalue weighted by Crippen LogP contribution is -2.81. The normalized spacial score (nSPS) is 44.4. The van der Waals surface area contributed by atoms with Gasteiger partial charge in [-0.15, -0.1) is 0 Å². The quantitative estimate of drug-likeness (QED) is 0.260. The number of hydrogen-bond donors (Lipinski definition) is 7.